The van der Waals surface area contributed by atoms with Gasteiger partial charge in [-0.15, -0.1) is 0 Å². The van der Waals surface area contributed by atoms with Gasteiger partial charge >= 0.3 is 0 Å². The van der Waals surface area contributed by atoms with Crippen LogP contribution in [-0.2, 0) is 4.79 Å². The van der Waals surface area contributed by atoms with Crippen LogP contribution >= 0.6 is 67.4 Å². The van der Waals surface area contributed by atoms with Crippen molar-refractivity contribution < 1.29 is 9.21 Å². The van der Waals surface area contributed by atoms with Gasteiger partial charge in [-0.2, -0.15) is 0 Å². The van der Waals surface area contributed by atoms with Crippen LogP contribution in [0.1, 0.15) is 5.76 Å². The maximum atomic E-state index is 12.9. The Balaban J connectivity index is 1.61. The third kappa shape index (κ3) is 4.00. The second-order valence-corrected chi connectivity index (χ2v) is 9.68. The van der Waals surface area contributed by atoms with E-state index in [1.54, 1.807) is 24.3 Å². The summed E-state index contributed by atoms with van der Waals surface area (Å²) < 4.78 is 8.10. The Morgan fingerprint density at radius 1 is 1.07 bits per heavy atom. The summed E-state index contributed by atoms with van der Waals surface area (Å²) in [6.45, 7) is 0. The van der Waals surface area contributed by atoms with E-state index in [2.05, 4.69) is 31.9 Å². The van der Waals surface area contributed by atoms with Crippen molar-refractivity contribution in [3.63, 3.8) is 0 Å². The number of anilines is 1. The first kappa shape index (κ1) is 19.9. The van der Waals surface area contributed by atoms with Crippen molar-refractivity contribution >= 4 is 89.4 Å². The molecule has 1 aliphatic rings. The quantitative estimate of drug-likeness (QED) is 0.247. The van der Waals surface area contributed by atoms with Gasteiger partial charge < -0.3 is 4.42 Å². The Labute approximate surface area is 193 Å². The summed E-state index contributed by atoms with van der Waals surface area (Å²) in [5, 5.41) is 0.515. The molecule has 1 aliphatic heterocycles. The number of benzene rings is 2. The van der Waals surface area contributed by atoms with E-state index in [1.807, 2.05) is 36.4 Å². The highest BCUT2D eigenvalue weighted by Crippen LogP contribution is 2.38. The largest absolute Gasteiger partial charge is 0.457 e. The first-order valence-corrected chi connectivity index (χ1v) is 11.2. The molecule has 0 N–H and O–H groups in total. The predicted octanol–water partition coefficient (Wildman–Crippen LogP) is 7.53. The van der Waals surface area contributed by atoms with Gasteiger partial charge in [0, 0.05) is 20.6 Å². The average molecular weight is 556 g/mol. The lowest BCUT2D eigenvalue weighted by atomic mass is 10.2. The van der Waals surface area contributed by atoms with Crippen molar-refractivity contribution in [1.82, 2.24) is 0 Å². The Kier molecular flexibility index (Phi) is 5.81. The van der Waals surface area contributed by atoms with Gasteiger partial charge in [0.15, 0.2) is 4.32 Å². The smallest absolute Gasteiger partial charge is 0.270 e. The van der Waals surface area contributed by atoms with Crippen LogP contribution < -0.4 is 4.90 Å². The van der Waals surface area contributed by atoms with Gasteiger partial charge in [-0.3, -0.25) is 9.69 Å². The van der Waals surface area contributed by atoms with Crippen LogP contribution in [0.15, 0.2) is 72.9 Å². The summed E-state index contributed by atoms with van der Waals surface area (Å²) in [4.78, 5) is 14.9. The lowest BCUT2D eigenvalue weighted by Crippen LogP contribution is -2.27. The molecule has 1 fully saturated rings. The van der Waals surface area contributed by atoms with E-state index in [9.17, 15) is 4.79 Å². The maximum absolute atomic E-state index is 12.9. The molecule has 0 radical (unpaired) electrons. The minimum Gasteiger partial charge on any atom is -0.457 e. The lowest BCUT2D eigenvalue weighted by Gasteiger charge is -2.15. The lowest BCUT2D eigenvalue weighted by molar-refractivity contribution is -0.113. The molecule has 0 atom stereocenters. The van der Waals surface area contributed by atoms with Gasteiger partial charge in [0.25, 0.3) is 5.91 Å². The SMILES string of the molecule is O=C1/C(=C\c2ccc(-c3ccc(Br)cc3)o2)SC(=S)N1c1ccc(Br)c(Cl)c1. The zero-order valence-corrected chi connectivity index (χ0v) is 19.5. The van der Waals surface area contributed by atoms with Crippen molar-refractivity contribution in [2.45, 2.75) is 0 Å². The fraction of sp³-hybridized carbons (Fsp3) is 0. The molecule has 140 valence electrons. The van der Waals surface area contributed by atoms with Crippen molar-refractivity contribution in [3.8, 4) is 11.3 Å². The molecule has 8 heteroatoms. The maximum Gasteiger partial charge on any atom is 0.270 e. The van der Waals surface area contributed by atoms with E-state index in [0.29, 0.717) is 25.7 Å². The number of thiocarbonyl (C=S) groups is 1. The second-order valence-electron chi connectivity index (χ2n) is 5.82. The number of rotatable bonds is 3. The zero-order chi connectivity index (χ0) is 19.8. The van der Waals surface area contributed by atoms with Gasteiger partial charge in [-0.25, -0.2) is 0 Å². The van der Waals surface area contributed by atoms with E-state index in [1.165, 1.54) is 16.7 Å². The average Bonchev–Trinajstić information content (AvgIpc) is 3.23. The van der Waals surface area contributed by atoms with Gasteiger partial charge in [0.05, 0.1) is 15.6 Å². The van der Waals surface area contributed by atoms with Crippen LogP contribution in [0.4, 0.5) is 5.69 Å². The standard InChI is InChI=1S/C20H10Br2ClNO2S2/c21-12-3-1-11(2-4-12)17-8-6-14(26-17)10-18-19(25)24(20(27)28-18)13-5-7-15(22)16(23)9-13/h1-10H/b18-10+. The van der Waals surface area contributed by atoms with E-state index >= 15 is 0 Å². The van der Waals surface area contributed by atoms with E-state index in [4.69, 9.17) is 28.2 Å². The Morgan fingerprint density at radius 3 is 2.54 bits per heavy atom. The molecule has 2 aromatic carbocycles. The molecule has 0 bridgehead atoms. The normalized spacial score (nSPS) is 15.7. The van der Waals surface area contributed by atoms with E-state index in [0.717, 1.165) is 20.3 Å². The molecule has 28 heavy (non-hydrogen) atoms. The summed E-state index contributed by atoms with van der Waals surface area (Å²) >= 11 is 19.6. The molecule has 0 spiro atoms. The Morgan fingerprint density at radius 2 is 1.82 bits per heavy atom. The number of carbonyl (C=O) groups is 1. The number of nitrogens with zero attached hydrogens (tertiary/aromatic N) is 1. The molecule has 1 saturated heterocycles. The van der Waals surface area contributed by atoms with Crippen molar-refractivity contribution in [2.24, 2.45) is 0 Å². The van der Waals surface area contributed by atoms with E-state index in [-0.39, 0.29) is 5.91 Å². The number of hydrogen-bond acceptors (Lipinski definition) is 4. The van der Waals surface area contributed by atoms with Crippen LogP contribution in [0.3, 0.4) is 0 Å². The van der Waals surface area contributed by atoms with Crippen molar-refractivity contribution in [2.75, 3.05) is 4.90 Å². The number of hydrogen-bond donors (Lipinski definition) is 0. The van der Waals surface area contributed by atoms with Crippen LogP contribution in [0, 0.1) is 0 Å². The topological polar surface area (TPSA) is 33.5 Å². The number of amides is 1. The van der Waals surface area contributed by atoms with Crippen LogP contribution in [-0.4, -0.2) is 10.2 Å². The molecule has 2 heterocycles. The summed E-state index contributed by atoms with van der Waals surface area (Å²) in [6, 6.07) is 16.8. The number of thioether (sulfide) groups is 1. The summed E-state index contributed by atoms with van der Waals surface area (Å²) in [5.41, 5.74) is 1.59. The zero-order valence-electron chi connectivity index (χ0n) is 14.0. The highest BCUT2D eigenvalue weighted by atomic mass is 79.9. The molecule has 3 aromatic rings. The summed E-state index contributed by atoms with van der Waals surface area (Å²) in [7, 11) is 0. The van der Waals surface area contributed by atoms with Crippen LogP contribution in [0.5, 0.6) is 0 Å². The summed E-state index contributed by atoms with van der Waals surface area (Å²) in [5.74, 6) is 1.12. The highest BCUT2D eigenvalue weighted by Gasteiger charge is 2.33. The fourth-order valence-corrected chi connectivity index (χ4v) is 4.61. The van der Waals surface area contributed by atoms with Gasteiger partial charge in [0.2, 0.25) is 0 Å². The first-order chi connectivity index (χ1) is 13.4. The van der Waals surface area contributed by atoms with Gasteiger partial charge in [0.1, 0.15) is 11.5 Å². The molecule has 0 unspecified atom stereocenters. The van der Waals surface area contributed by atoms with Gasteiger partial charge in [-0.1, -0.05) is 63.6 Å². The number of halogens is 3. The highest BCUT2D eigenvalue weighted by molar-refractivity contribution is 9.10. The Hall–Kier alpha value is -1.38. The van der Waals surface area contributed by atoms with Crippen LogP contribution in [0.25, 0.3) is 17.4 Å². The van der Waals surface area contributed by atoms with Crippen molar-refractivity contribution in [3.05, 3.63) is 79.2 Å². The van der Waals surface area contributed by atoms with Crippen LogP contribution in [0.2, 0.25) is 5.02 Å². The molecular weight excluding hydrogens is 546 g/mol. The molecule has 3 nitrogen and oxygen atoms in total. The van der Waals surface area contributed by atoms with Gasteiger partial charge in [-0.05, 0) is 58.4 Å². The molecule has 4 rings (SSSR count). The molecule has 0 aliphatic carbocycles. The fourth-order valence-electron chi connectivity index (χ4n) is 2.64. The molecule has 0 saturated carbocycles. The summed E-state index contributed by atoms with van der Waals surface area (Å²) in [6.07, 6.45) is 1.71. The third-order valence-corrected chi connectivity index (χ3v) is 7.05. The minimum absolute atomic E-state index is 0.199. The number of carbonyl (C=O) groups excluding carboxylic acids is 1. The minimum atomic E-state index is -0.199. The molecule has 1 amide bonds. The first-order valence-electron chi connectivity index (χ1n) is 8.01. The molecular formula is C20H10Br2ClNO2S2. The monoisotopic (exact) mass is 553 g/mol. The van der Waals surface area contributed by atoms with E-state index < -0.39 is 0 Å². The second kappa shape index (κ2) is 8.16. The molecule has 1 aromatic heterocycles. The van der Waals surface area contributed by atoms with Crippen molar-refractivity contribution in [1.29, 1.82) is 0 Å². The predicted molar refractivity (Wildman–Crippen MR) is 127 cm³/mol. The Bertz CT molecular complexity index is 1130. The third-order valence-electron chi connectivity index (χ3n) is 3.98. The number of furan rings is 1.